The lowest BCUT2D eigenvalue weighted by Crippen LogP contribution is -2.13. The zero-order chi connectivity index (χ0) is 18.6. The fourth-order valence-electron chi connectivity index (χ4n) is 3.16. The van der Waals surface area contributed by atoms with Crippen molar-refractivity contribution in [3.05, 3.63) is 76.8 Å². The Morgan fingerprint density at radius 1 is 1.11 bits per heavy atom. The molecule has 0 saturated heterocycles. The fraction of sp³-hybridized carbons (Fsp3) is 0.190. The van der Waals surface area contributed by atoms with Gasteiger partial charge in [-0.15, -0.1) is 0 Å². The van der Waals surface area contributed by atoms with Crippen molar-refractivity contribution in [2.45, 2.75) is 19.4 Å². The quantitative estimate of drug-likeness (QED) is 0.572. The number of rotatable bonds is 6. The second-order valence-electron chi connectivity index (χ2n) is 6.35. The van der Waals surface area contributed by atoms with Crippen LogP contribution in [0.15, 0.2) is 65.7 Å². The van der Waals surface area contributed by atoms with Crippen LogP contribution in [0.1, 0.15) is 12.0 Å². The number of aryl methyl sites for hydroxylation is 2. The number of benzene rings is 2. The molecule has 0 unspecified atom stereocenters. The number of fused-ring (bicyclic) bond motifs is 1. The van der Waals surface area contributed by atoms with E-state index in [0.29, 0.717) is 29.3 Å². The summed E-state index contributed by atoms with van der Waals surface area (Å²) in [5, 5.41) is 0. The van der Waals surface area contributed by atoms with Gasteiger partial charge in [-0.1, -0.05) is 42.5 Å². The van der Waals surface area contributed by atoms with Crippen LogP contribution in [-0.4, -0.2) is 26.6 Å². The Morgan fingerprint density at radius 2 is 1.96 bits per heavy atom. The van der Waals surface area contributed by atoms with Gasteiger partial charge in [0.15, 0.2) is 11.2 Å². The Bertz CT molecular complexity index is 1120. The Hall–Kier alpha value is -3.41. The van der Waals surface area contributed by atoms with Crippen LogP contribution in [0.2, 0.25) is 0 Å². The molecule has 0 bridgehead atoms. The van der Waals surface area contributed by atoms with Crippen LogP contribution >= 0.6 is 0 Å². The van der Waals surface area contributed by atoms with Crippen LogP contribution in [-0.2, 0) is 13.0 Å². The van der Waals surface area contributed by atoms with Gasteiger partial charge in [-0.05, 0) is 30.5 Å². The molecule has 0 radical (unpaired) electrons. The monoisotopic (exact) mass is 360 g/mol. The van der Waals surface area contributed by atoms with E-state index in [4.69, 9.17) is 4.74 Å². The van der Waals surface area contributed by atoms with Crippen LogP contribution in [0.25, 0.3) is 22.6 Å². The number of hydrogen-bond acceptors (Lipinski definition) is 4. The molecule has 2 heterocycles. The molecule has 0 atom stereocenters. The number of nitrogens with zero attached hydrogens (tertiary/aromatic N) is 3. The second kappa shape index (κ2) is 7.45. The highest BCUT2D eigenvalue weighted by molar-refractivity contribution is 5.72. The standard InChI is InChI=1S/C21H20N4O2/c1-27-17-11-5-10-16(13-17)19-23-20-18(21(26)24-19)25(14-22-20)12-6-9-15-7-3-2-4-8-15/h2-5,7-8,10-11,13-14H,6,9,12H2,1H3,(H,23,24,26). The van der Waals surface area contributed by atoms with E-state index in [2.05, 4.69) is 27.1 Å². The highest BCUT2D eigenvalue weighted by Gasteiger charge is 2.12. The van der Waals surface area contributed by atoms with Crippen molar-refractivity contribution in [1.29, 1.82) is 0 Å². The molecule has 136 valence electrons. The van der Waals surface area contributed by atoms with E-state index in [-0.39, 0.29) is 5.56 Å². The average molecular weight is 360 g/mol. The number of methoxy groups -OCH3 is 1. The number of nitrogens with one attached hydrogen (secondary N) is 1. The Labute approximate surface area is 156 Å². The summed E-state index contributed by atoms with van der Waals surface area (Å²) >= 11 is 0. The molecule has 0 amide bonds. The van der Waals surface area contributed by atoms with Crippen molar-refractivity contribution in [3.8, 4) is 17.1 Å². The molecule has 4 aromatic rings. The van der Waals surface area contributed by atoms with Crippen LogP contribution in [0.3, 0.4) is 0 Å². The van der Waals surface area contributed by atoms with Gasteiger partial charge in [-0.25, -0.2) is 9.97 Å². The lowest BCUT2D eigenvalue weighted by molar-refractivity contribution is 0.415. The van der Waals surface area contributed by atoms with Crippen molar-refractivity contribution >= 4 is 11.2 Å². The number of ether oxygens (including phenoxy) is 1. The molecule has 1 N–H and O–H groups in total. The molecule has 0 aliphatic carbocycles. The zero-order valence-electron chi connectivity index (χ0n) is 15.1. The molecule has 4 rings (SSSR count). The minimum Gasteiger partial charge on any atom is -0.497 e. The maximum atomic E-state index is 12.7. The van der Waals surface area contributed by atoms with E-state index in [1.165, 1.54) is 5.56 Å². The van der Waals surface area contributed by atoms with E-state index < -0.39 is 0 Å². The van der Waals surface area contributed by atoms with Gasteiger partial charge in [-0.3, -0.25) is 4.79 Å². The average Bonchev–Trinajstić information content (AvgIpc) is 3.12. The highest BCUT2D eigenvalue weighted by atomic mass is 16.5. The third-order valence-electron chi connectivity index (χ3n) is 4.53. The van der Waals surface area contributed by atoms with Crippen molar-refractivity contribution in [2.24, 2.45) is 0 Å². The molecule has 0 aliphatic heterocycles. The predicted octanol–water partition coefficient (Wildman–Crippen LogP) is 3.43. The van der Waals surface area contributed by atoms with Crippen molar-refractivity contribution < 1.29 is 4.74 Å². The number of imidazole rings is 1. The fourth-order valence-corrected chi connectivity index (χ4v) is 3.16. The number of aromatic amines is 1. The van der Waals surface area contributed by atoms with E-state index >= 15 is 0 Å². The molecule has 0 spiro atoms. The molecule has 0 fully saturated rings. The van der Waals surface area contributed by atoms with Crippen LogP contribution in [0.4, 0.5) is 0 Å². The molecular weight excluding hydrogens is 340 g/mol. The number of H-pyrrole nitrogens is 1. The zero-order valence-corrected chi connectivity index (χ0v) is 15.1. The molecule has 2 aromatic carbocycles. The topological polar surface area (TPSA) is 72.8 Å². The predicted molar refractivity (Wildman–Crippen MR) is 105 cm³/mol. The highest BCUT2D eigenvalue weighted by Crippen LogP contribution is 2.21. The molecule has 6 heteroatoms. The maximum Gasteiger partial charge on any atom is 0.277 e. The summed E-state index contributed by atoms with van der Waals surface area (Å²) in [5.74, 6) is 1.20. The molecule has 6 nitrogen and oxygen atoms in total. The SMILES string of the molecule is COc1cccc(-c2nc3ncn(CCCc4ccccc4)c3c(=O)[nH]2)c1. The largest absolute Gasteiger partial charge is 0.497 e. The van der Waals surface area contributed by atoms with Gasteiger partial charge >= 0.3 is 0 Å². The van der Waals surface area contributed by atoms with Gasteiger partial charge < -0.3 is 14.3 Å². The summed E-state index contributed by atoms with van der Waals surface area (Å²) in [6.45, 7) is 0.717. The Kier molecular flexibility index (Phi) is 4.70. The third kappa shape index (κ3) is 3.60. The Morgan fingerprint density at radius 3 is 2.78 bits per heavy atom. The van der Waals surface area contributed by atoms with Gasteiger partial charge in [0.2, 0.25) is 0 Å². The summed E-state index contributed by atoms with van der Waals surface area (Å²) in [5.41, 5.74) is 2.85. The van der Waals surface area contributed by atoms with Gasteiger partial charge in [0.25, 0.3) is 5.56 Å². The lowest BCUT2D eigenvalue weighted by Gasteiger charge is -2.06. The minimum atomic E-state index is -0.185. The third-order valence-corrected chi connectivity index (χ3v) is 4.53. The minimum absolute atomic E-state index is 0.185. The smallest absolute Gasteiger partial charge is 0.277 e. The maximum absolute atomic E-state index is 12.7. The van der Waals surface area contributed by atoms with E-state index in [1.807, 2.05) is 47.0 Å². The summed E-state index contributed by atoms with van der Waals surface area (Å²) in [6, 6.07) is 17.7. The first-order chi connectivity index (χ1) is 13.2. The normalized spacial score (nSPS) is 11.0. The van der Waals surface area contributed by atoms with Crippen molar-refractivity contribution in [3.63, 3.8) is 0 Å². The number of hydrogen-bond donors (Lipinski definition) is 1. The van der Waals surface area contributed by atoms with Crippen molar-refractivity contribution in [2.75, 3.05) is 7.11 Å². The van der Waals surface area contributed by atoms with Gasteiger partial charge in [0, 0.05) is 12.1 Å². The van der Waals surface area contributed by atoms with E-state index in [1.54, 1.807) is 13.4 Å². The lowest BCUT2D eigenvalue weighted by atomic mass is 10.1. The van der Waals surface area contributed by atoms with Crippen LogP contribution in [0, 0.1) is 0 Å². The summed E-state index contributed by atoms with van der Waals surface area (Å²) in [6.07, 6.45) is 3.56. The van der Waals surface area contributed by atoms with Crippen LogP contribution in [0.5, 0.6) is 5.75 Å². The molecule has 2 aromatic heterocycles. The summed E-state index contributed by atoms with van der Waals surface area (Å²) in [7, 11) is 1.61. The molecular formula is C21H20N4O2. The molecule has 27 heavy (non-hydrogen) atoms. The number of aromatic nitrogens is 4. The summed E-state index contributed by atoms with van der Waals surface area (Å²) < 4.78 is 7.11. The van der Waals surface area contributed by atoms with Gasteiger partial charge in [0.05, 0.1) is 13.4 Å². The molecule has 0 saturated carbocycles. The van der Waals surface area contributed by atoms with E-state index in [0.717, 1.165) is 18.4 Å². The van der Waals surface area contributed by atoms with Gasteiger partial charge in [-0.2, -0.15) is 0 Å². The van der Waals surface area contributed by atoms with Gasteiger partial charge in [0.1, 0.15) is 11.6 Å². The first-order valence-electron chi connectivity index (χ1n) is 8.88. The van der Waals surface area contributed by atoms with E-state index in [9.17, 15) is 4.79 Å². The van der Waals surface area contributed by atoms with Crippen LogP contribution < -0.4 is 10.3 Å². The molecule has 0 aliphatic rings. The van der Waals surface area contributed by atoms with Crippen molar-refractivity contribution in [1.82, 2.24) is 19.5 Å². The first-order valence-corrected chi connectivity index (χ1v) is 8.88. The summed E-state index contributed by atoms with van der Waals surface area (Å²) in [4.78, 5) is 24.4. The Balaban J connectivity index is 1.59. The first kappa shape index (κ1) is 17.0. The second-order valence-corrected chi connectivity index (χ2v) is 6.35.